The van der Waals surface area contributed by atoms with Crippen molar-refractivity contribution in [1.82, 2.24) is 0 Å². The Morgan fingerprint density at radius 1 is 0.929 bits per heavy atom. The summed E-state index contributed by atoms with van der Waals surface area (Å²) in [4.78, 5) is 22.1. The summed E-state index contributed by atoms with van der Waals surface area (Å²) in [6.07, 6.45) is 0. The van der Waals surface area contributed by atoms with Crippen LogP contribution in [-0.2, 0) is 19.1 Å². The van der Waals surface area contributed by atoms with Gasteiger partial charge in [-0.2, -0.15) is 0 Å². The Morgan fingerprint density at radius 3 is 1.29 bits per heavy atom. The lowest BCUT2D eigenvalue weighted by Gasteiger charge is -2.32. The molecule has 14 heavy (non-hydrogen) atoms. The first-order valence-corrected chi connectivity index (χ1v) is 3.83. The first-order valence-electron chi connectivity index (χ1n) is 3.83. The average Bonchev–Trinajstić information content (AvgIpc) is 2.14. The van der Waals surface area contributed by atoms with Crippen LogP contribution < -0.4 is 0 Å². The Bertz CT molecular complexity index is 216. The molecular weight excluding hydrogens is 192 g/mol. The van der Waals surface area contributed by atoms with Crippen LogP contribution in [0.25, 0.3) is 0 Å². The SMILES string of the molecule is COC(=O)[C@](C)(O)[C@](C)(O)C(=O)OC. The topological polar surface area (TPSA) is 93.1 Å². The minimum absolute atomic E-state index is 0.968. The molecule has 0 saturated carbocycles. The molecular formula is C8H14O6. The second kappa shape index (κ2) is 3.93. The highest BCUT2D eigenvalue weighted by atomic mass is 16.6. The molecule has 0 unspecified atom stereocenters. The molecule has 0 amide bonds. The quantitative estimate of drug-likeness (QED) is 0.565. The van der Waals surface area contributed by atoms with Crippen molar-refractivity contribution in [3.63, 3.8) is 0 Å². The minimum atomic E-state index is -2.35. The van der Waals surface area contributed by atoms with Gasteiger partial charge in [0.05, 0.1) is 14.2 Å². The highest BCUT2D eigenvalue weighted by Crippen LogP contribution is 2.24. The molecule has 0 heterocycles. The molecule has 2 atom stereocenters. The van der Waals surface area contributed by atoms with E-state index in [0.29, 0.717) is 0 Å². The molecule has 6 nitrogen and oxygen atoms in total. The maximum Gasteiger partial charge on any atom is 0.341 e. The molecule has 0 bridgehead atoms. The fourth-order valence-electron chi connectivity index (χ4n) is 0.795. The minimum Gasteiger partial charge on any atom is -0.467 e. The van der Waals surface area contributed by atoms with Crippen LogP contribution in [0.1, 0.15) is 13.8 Å². The molecule has 0 aliphatic carbocycles. The van der Waals surface area contributed by atoms with Crippen molar-refractivity contribution in [2.75, 3.05) is 14.2 Å². The number of carbonyl (C=O) groups excluding carboxylic acids is 2. The number of carbonyl (C=O) groups is 2. The van der Waals surface area contributed by atoms with Gasteiger partial charge in [-0.25, -0.2) is 9.59 Å². The van der Waals surface area contributed by atoms with Crippen molar-refractivity contribution in [1.29, 1.82) is 0 Å². The summed E-state index contributed by atoms with van der Waals surface area (Å²) in [5, 5.41) is 19.2. The van der Waals surface area contributed by atoms with Crippen LogP contribution in [0.2, 0.25) is 0 Å². The number of rotatable bonds is 3. The van der Waals surface area contributed by atoms with Crippen LogP contribution in [0.4, 0.5) is 0 Å². The maximum atomic E-state index is 11.1. The van der Waals surface area contributed by atoms with Crippen LogP contribution in [0.3, 0.4) is 0 Å². The number of aliphatic hydroxyl groups is 2. The molecule has 0 fully saturated rings. The zero-order valence-corrected chi connectivity index (χ0v) is 8.53. The van der Waals surface area contributed by atoms with Gasteiger partial charge in [0.1, 0.15) is 0 Å². The third-order valence-corrected chi connectivity index (χ3v) is 2.11. The van der Waals surface area contributed by atoms with Crippen LogP contribution in [0.5, 0.6) is 0 Å². The number of hydrogen-bond acceptors (Lipinski definition) is 6. The van der Waals surface area contributed by atoms with E-state index < -0.39 is 23.1 Å². The van der Waals surface area contributed by atoms with E-state index >= 15 is 0 Å². The average molecular weight is 206 g/mol. The van der Waals surface area contributed by atoms with Gasteiger partial charge in [0.15, 0.2) is 11.2 Å². The van der Waals surface area contributed by atoms with Gasteiger partial charge in [-0.05, 0) is 13.8 Å². The van der Waals surface area contributed by atoms with E-state index in [9.17, 15) is 19.8 Å². The molecule has 0 rings (SSSR count). The van der Waals surface area contributed by atoms with Gasteiger partial charge in [0, 0.05) is 0 Å². The number of ether oxygens (including phenoxy) is 2. The Hall–Kier alpha value is -1.14. The highest BCUT2D eigenvalue weighted by molar-refractivity contribution is 5.91. The molecule has 0 aromatic rings. The molecule has 2 N–H and O–H groups in total. The van der Waals surface area contributed by atoms with Crippen LogP contribution in [-0.4, -0.2) is 47.6 Å². The maximum absolute atomic E-state index is 11.1. The Kier molecular flexibility index (Phi) is 3.61. The van der Waals surface area contributed by atoms with E-state index in [4.69, 9.17) is 0 Å². The smallest absolute Gasteiger partial charge is 0.341 e. The summed E-state index contributed by atoms with van der Waals surface area (Å²) in [6.45, 7) is 1.94. The molecule has 6 heteroatoms. The molecule has 0 radical (unpaired) electrons. The molecule has 0 aliphatic heterocycles. The predicted octanol–water partition coefficient (Wildman–Crippen LogP) is -1.17. The molecule has 82 valence electrons. The predicted molar refractivity (Wildman–Crippen MR) is 45.3 cm³/mol. The summed E-state index contributed by atoms with van der Waals surface area (Å²) in [6, 6.07) is 0. The lowest BCUT2D eigenvalue weighted by molar-refractivity contribution is -0.203. The molecule has 0 aromatic carbocycles. The fraction of sp³-hybridized carbons (Fsp3) is 0.750. The summed E-state index contributed by atoms with van der Waals surface area (Å²) in [5.74, 6) is -2.24. The Balaban J connectivity index is 5.06. The standard InChI is InChI=1S/C8H14O6/c1-7(11,5(9)13-3)8(2,12)6(10)14-4/h11-12H,1-4H3/t7-,8+. The van der Waals surface area contributed by atoms with Gasteiger partial charge in [-0.3, -0.25) is 0 Å². The van der Waals surface area contributed by atoms with Gasteiger partial charge in [0.25, 0.3) is 0 Å². The molecule has 0 saturated heterocycles. The van der Waals surface area contributed by atoms with Crippen molar-refractivity contribution in [2.45, 2.75) is 25.0 Å². The van der Waals surface area contributed by atoms with Gasteiger partial charge in [-0.15, -0.1) is 0 Å². The van der Waals surface area contributed by atoms with E-state index in [1.165, 1.54) is 0 Å². The lowest BCUT2D eigenvalue weighted by atomic mass is 9.86. The number of methoxy groups -OCH3 is 2. The summed E-state index contributed by atoms with van der Waals surface area (Å²) in [5.41, 5.74) is -4.70. The van der Waals surface area contributed by atoms with E-state index in [1.54, 1.807) is 0 Å². The van der Waals surface area contributed by atoms with Gasteiger partial charge >= 0.3 is 11.9 Å². The van der Waals surface area contributed by atoms with E-state index in [1.807, 2.05) is 0 Å². The van der Waals surface area contributed by atoms with E-state index in [-0.39, 0.29) is 0 Å². The number of hydrogen-bond donors (Lipinski definition) is 2. The molecule has 0 aliphatic rings. The first kappa shape index (κ1) is 12.9. The second-order valence-electron chi connectivity index (χ2n) is 3.13. The van der Waals surface area contributed by atoms with Crippen molar-refractivity contribution in [3.05, 3.63) is 0 Å². The van der Waals surface area contributed by atoms with Crippen LogP contribution in [0, 0.1) is 0 Å². The summed E-state index contributed by atoms with van der Waals surface area (Å²) >= 11 is 0. The molecule has 0 aromatic heterocycles. The highest BCUT2D eigenvalue weighted by Gasteiger charge is 2.55. The van der Waals surface area contributed by atoms with Crippen molar-refractivity contribution < 1.29 is 29.3 Å². The third-order valence-electron chi connectivity index (χ3n) is 2.11. The van der Waals surface area contributed by atoms with Gasteiger partial charge in [-0.1, -0.05) is 0 Å². The van der Waals surface area contributed by atoms with E-state index in [0.717, 1.165) is 28.1 Å². The summed E-state index contributed by atoms with van der Waals surface area (Å²) < 4.78 is 8.48. The summed E-state index contributed by atoms with van der Waals surface area (Å²) in [7, 11) is 2.06. The van der Waals surface area contributed by atoms with E-state index in [2.05, 4.69) is 9.47 Å². The largest absolute Gasteiger partial charge is 0.467 e. The normalized spacial score (nSPS) is 19.0. The Morgan fingerprint density at radius 2 is 1.14 bits per heavy atom. The Labute approximate surface area is 81.4 Å². The third kappa shape index (κ3) is 1.85. The van der Waals surface area contributed by atoms with Crippen molar-refractivity contribution in [2.24, 2.45) is 0 Å². The van der Waals surface area contributed by atoms with Crippen LogP contribution in [0.15, 0.2) is 0 Å². The second-order valence-corrected chi connectivity index (χ2v) is 3.13. The first-order chi connectivity index (χ1) is 6.21. The monoisotopic (exact) mass is 206 g/mol. The lowest BCUT2D eigenvalue weighted by Crippen LogP contribution is -2.60. The van der Waals surface area contributed by atoms with Gasteiger partial charge < -0.3 is 19.7 Å². The number of esters is 2. The van der Waals surface area contributed by atoms with Gasteiger partial charge in [0.2, 0.25) is 0 Å². The zero-order chi connectivity index (χ0) is 11.6. The zero-order valence-electron chi connectivity index (χ0n) is 8.53. The fourth-order valence-corrected chi connectivity index (χ4v) is 0.795. The van der Waals surface area contributed by atoms with Crippen LogP contribution >= 0.6 is 0 Å². The molecule has 0 spiro atoms. The van der Waals surface area contributed by atoms with Crippen molar-refractivity contribution in [3.8, 4) is 0 Å². The van der Waals surface area contributed by atoms with Crippen molar-refractivity contribution >= 4 is 11.9 Å².